The van der Waals surface area contributed by atoms with Gasteiger partial charge in [0.25, 0.3) is 0 Å². The van der Waals surface area contributed by atoms with Gasteiger partial charge in [0.1, 0.15) is 0 Å². The molecule has 3 heteroatoms. The number of allylic oxidation sites excluding steroid dienone is 4. The van der Waals surface area contributed by atoms with Crippen molar-refractivity contribution in [2.75, 3.05) is 0 Å². The molecular formula is C13H7NO2. The minimum Gasteiger partial charge on any atom is -0.290 e. The zero-order chi connectivity index (χ0) is 11.1. The lowest BCUT2D eigenvalue weighted by Gasteiger charge is -2.16. The number of benzene rings is 1. The van der Waals surface area contributed by atoms with Gasteiger partial charge in [0.15, 0.2) is 11.6 Å². The van der Waals surface area contributed by atoms with Crippen LogP contribution in [0.3, 0.4) is 0 Å². The Morgan fingerprint density at radius 1 is 1.00 bits per heavy atom. The van der Waals surface area contributed by atoms with E-state index in [9.17, 15) is 9.59 Å². The van der Waals surface area contributed by atoms with E-state index in [2.05, 4.69) is 4.99 Å². The van der Waals surface area contributed by atoms with E-state index in [-0.39, 0.29) is 11.6 Å². The normalized spacial score (nSPS) is 17.5. The average molecular weight is 209 g/mol. The number of carbonyl (C=O) groups is 2. The van der Waals surface area contributed by atoms with E-state index in [1.807, 2.05) is 6.07 Å². The van der Waals surface area contributed by atoms with Gasteiger partial charge in [-0.1, -0.05) is 12.1 Å². The number of Topliss-reactive ketones (excluding diaryl/α,β-unsaturated/α-hetero) is 1. The minimum absolute atomic E-state index is 0.127. The Balaban J connectivity index is 2.27. The molecule has 1 aliphatic heterocycles. The SMILES string of the molecule is O=C1C=CC2=Nc3ccccc3C(=O)C2=C1. The second kappa shape index (κ2) is 3.10. The van der Waals surface area contributed by atoms with E-state index in [4.69, 9.17) is 0 Å². The fourth-order valence-corrected chi connectivity index (χ4v) is 1.83. The van der Waals surface area contributed by atoms with Gasteiger partial charge in [-0.2, -0.15) is 0 Å². The number of hydrogen-bond acceptors (Lipinski definition) is 3. The first-order chi connectivity index (χ1) is 7.75. The summed E-state index contributed by atoms with van der Waals surface area (Å²) in [6.45, 7) is 0. The smallest absolute Gasteiger partial charge is 0.197 e. The van der Waals surface area contributed by atoms with E-state index < -0.39 is 0 Å². The van der Waals surface area contributed by atoms with E-state index in [1.165, 1.54) is 12.2 Å². The highest BCUT2D eigenvalue weighted by atomic mass is 16.1. The van der Waals surface area contributed by atoms with Crippen molar-refractivity contribution >= 4 is 23.0 Å². The molecule has 1 aromatic carbocycles. The van der Waals surface area contributed by atoms with Gasteiger partial charge in [-0.3, -0.25) is 9.59 Å². The van der Waals surface area contributed by atoms with Crippen LogP contribution in [0.5, 0.6) is 0 Å². The van der Waals surface area contributed by atoms with Crippen LogP contribution in [0.4, 0.5) is 5.69 Å². The third kappa shape index (κ3) is 1.18. The molecule has 0 atom stereocenters. The highest BCUT2D eigenvalue weighted by molar-refractivity contribution is 6.38. The molecule has 0 spiro atoms. The molecule has 16 heavy (non-hydrogen) atoms. The standard InChI is InChI=1S/C13H7NO2/c15-8-5-6-12-10(7-8)13(16)9-3-1-2-4-11(9)14-12/h1-7H. The second-order valence-corrected chi connectivity index (χ2v) is 3.64. The van der Waals surface area contributed by atoms with Gasteiger partial charge >= 0.3 is 0 Å². The third-order valence-corrected chi connectivity index (χ3v) is 2.60. The van der Waals surface area contributed by atoms with Gasteiger partial charge < -0.3 is 0 Å². The first-order valence-corrected chi connectivity index (χ1v) is 4.92. The summed E-state index contributed by atoms with van der Waals surface area (Å²) in [7, 11) is 0. The van der Waals surface area contributed by atoms with Crippen LogP contribution < -0.4 is 0 Å². The van der Waals surface area contributed by atoms with Crippen molar-refractivity contribution in [2.45, 2.75) is 0 Å². The number of fused-ring (bicyclic) bond motifs is 2. The quantitative estimate of drug-likeness (QED) is 0.613. The number of para-hydroxylation sites is 1. The Morgan fingerprint density at radius 2 is 1.81 bits per heavy atom. The fourth-order valence-electron chi connectivity index (χ4n) is 1.83. The fraction of sp³-hybridized carbons (Fsp3) is 0. The second-order valence-electron chi connectivity index (χ2n) is 3.64. The monoisotopic (exact) mass is 209 g/mol. The Morgan fingerprint density at radius 3 is 2.69 bits per heavy atom. The molecule has 0 radical (unpaired) electrons. The zero-order valence-electron chi connectivity index (χ0n) is 8.31. The lowest BCUT2D eigenvalue weighted by atomic mass is 9.91. The van der Waals surface area contributed by atoms with Crippen molar-refractivity contribution in [1.29, 1.82) is 0 Å². The number of hydrogen-bond donors (Lipinski definition) is 0. The third-order valence-electron chi connectivity index (χ3n) is 2.60. The summed E-state index contributed by atoms with van der Waals surface area (Å²) in [5.41, 5.74) is 2.19. The van der Waals surface area contributed by atoms with E-state index in [1.54, 1.807) is 24.3 Å². The molecule has 0 saturated carbocycles. The average Bonchev–Trinajstić information content (AvgIpc) is 2.31. The topological polar surface area (TPSA) is 46.5 Å². The number of ketones is 2. The summed E-state index contributed by atoms with van der Waals surface area (Å²) in [5, 5.41) is 0. The molecule has 0 fully saturated rings. The summed E-state index contributed by atoms with van der Waals surface area (Å²) in [4.78, 5) is 27.6. The molecule has 1 aromatic rings. The lowest BCUT2D eigenvalue weighted by Crippen LogP contribution is -2.19. The molecule has 0 amide bonds. The number of nitrogens with zero attached hydrogens (tertiary/aromatic N) is 1. The van der Waals surface area contributed by atoms with Crippen LogP contribution in [0.1, 0.15) is 10.4 Å². The molecular weight excluding hydrogens is 202 g/mol. The van der Waals surface area contributed by atoms with Crippen LogP contribution in [0.15, 0.2) is 53.1 Å². The van der Waals surface area contributed by atoms with Gasteiger partial charge in [0.2, 0.25) is 0 Å². The largest absolute Gasteiger partial charge is 0.290 e. The molecule has 3 nitrogen and oxygen atoms in total. The van der Waals surface area contributed by atoms with Gasteiger partial charge in [0, 0.05) is 5.56 Å². The number of carbonyl (C=O) groups excluding carboxylic acids is 2. The number of aliphatic imine (C=N–C) groups is 1. The van der Waals surface area contributed by atoms with Crippen molar-refractivity contribution < 1.29 is 9.59 Å². The van der Waals surface area contributed by atoms with Crippen LogP contribution in [0.2, 0.25) is 0 Å². The van der Waals surface area contributed by atoms with Crippen LogP contribution >= 0.6 is 0 Å². The van der Waals surface area contributed by atoms with E-state index in [0.717, 1.165) is 0 Å². The van der Waals surface area contributed by atoms with Crippen LogP contribution in [-0.2, 0) is 4.79 Å². The molecule has 76 valence electrons. The Labute approximate surface area is 91.8 Å². The van der Waals surface area contributed by atoms with Crippen LogP contribution in [0.25, 0.3) is 0 Å². The molecule has 1 aliphatic carbocycles. The highest BCUT2D eigenvalue weighted by Crippen LogP contribution is 2.29. The zero-order valence-corrected chi connectivity index (χ0v) is 8.31. The molecule has 0 aromatic heterocycles. The van der Waals surface area contributed by atoms with E-state index in [0.29, 0.717) is 22.5 Å². The molecule has 3 rings (SSSR count). The first kappa shape index (κ1) is 8.97. The Bertz CT molecular complexity index is 606. The molecule has 0 unspecified atom stereocenters. The summed E-state index contributed by atoms with van der Waals surface area (Å²) >= 11 is 0. The predicted molar refractivity (Wildman–Crippen MR) is 60.1 cm³/mol. The molecule has 0 bridgehead atoms. The van der Waals surface area contributed by atoms with Crippen LogP contribution in [-0.4, -0.2) is 17.3 Å². The highest BCUT2D eigenvalue weighted by Gasteiger charge is 2.26. The van der Waals surface area contributed by atoms with Crippen molar-refractivity contribution in [1.82, 2.24) is 0 Å². The van der Waals surface area contributed by atoms with Gasteiger partial charge in [-0.25, -0.2) is 4.99 Å². The Kier molecular flexibility index (Phi) is 1.74. The summed E-state index contributed by atoms with van der Waals surface area (Å²) in [6.07, 6.45) is 4.35. The molecule has 0 N–H and O–H groups in total. The molecule has 0 saturated heterocycles. The van der Waals surface area contributed by atoms with Gasteiger partial charge in [0.05, 0.1) is 17.0 Å². The maximum atomic E-state index is 12.1. The maximum Gasteiger partial charge on any atom is 0.197 e. The summed E-state index contributed by atoms with van der Waals surface area (Å²) in [5.74, 6) is -0.292. The first-order valence-electron chi connectivity index (χ1n) is 4.92. The van der Waals surface area contributed by atoms with Crippen molar-refractivity contribution in [3.63, 3.8) is 0 Å². The van der Waals surface area contributed by atoms with Crippen LogP contribution in [0, 0.1) is 0 Å². The lowest BCUT2D eigenvalue weighted by molar-refractivity contribution is -0.110. The van der Waals surface area contributed by atoms with Crippen molar-refractivity contribution in [3.8, 4) is 0 Å². The number of rotatable bonds is 0. The molecule has 1 heterocycles. The maximum absolute atomic E-state index is 12.1. The van der Waals surface area contributed by atoms with Crippen molar-refractivity contribution in [2.24, 2.45) is 4.99 Å². The van der Waals surface area contributed by atoms with Crippen molar-refractivity contribution in [3.05, 3.63) is 53.6 Å². The van der Waals surface area contributed by atoms with Gasteiger partial charge in [-0.05, 0) is 30.4 Å². The Hall–Kier alpha value is -2.29. The summed E-state index contributed by atoms with van der Waals surface area (Å²) in [6, 6.07) is 7.14. The predicted octanol–water partition coefficient (Wildman–Crippen LogP) is 2.02. The minimum atomic E-state index is -0.165. The summed E-state index contributed by atoms with van der Waals surface area (Å²) < 4.78 is 0. The molecule has 2 aliphatic rings. The van der Waals surface area contributed by atoms with E-state index >= 15 is 0 Å². The van der Waals surface area contributed by atoms with Gasteiger partial charge in [-0.15, -0.1) is 0 Å².